The molecule has 0 aliphatic rings. The van der Waals surface area contributed by atoms with Crippen molar-refractivity contribution in [2.45, 2.75) is 11.8 Å². The fraction of sp³-hybridized carbons (Fsp3) is 0.105. The topological polar surface area (TPSA) is 118 Å². The molecule has 8 nitrogen and oxygen atoms in total. The molecular formula is C19H15N2NaO6S. The Balaban J connectivity index is 0.00000300. The third kappa shape index (κ3) is 4.94. The van der Waals surface area contributed by atoms with Gasteiger partial charge in [-0.3, -0.25) is 0 Å². The predicted molar refractivity (Wildman–Crippen MR) is 99.7 cm³/mol. The van der Waals surface area contributed by atoms with Crippen LogP contribution in [0.2, 0.25) is 0 Å². The van der Waals surface area contributed by atoms with E-state index in [1.54, 1.807) is 19.1 Å². The van der Waals surface area contributed by atoms with Gasteiger partial charge in [0.15, 0.2) is 5.91 Å². The van der Waals surface area contributed by atoms with Crippen molar-refractivity contribution < 1.29 is 56.8 Å². The second kappa shape index (κ2) is 9.36. The summed E-state index contributed by atoms with van der Waals surface area (Å²) in [4.78, 5) is 22.3. The first kappa shape index (κ1) is 22.8. The summed E-state index contributed by atoms with van der Waals surface area (Å²) in [6, 6.07) is 15.1. The number of rotatable bonds is 4. The number of carbonyl (C=O) groups excluding carboxylic acids is 2. The van der Waals surface area contributed by atoms with Gasteiger partial charge in [0.2, 0.25) is 0 Å². The molecule has 0 atom stereocenters. The second-order valence-electron chi connectivity index (χ2n) is 5.72. The van der Waals surface area contributed by atoms with Gasteiger partial charge in [-0.05, 0) is 24.6 Å². The molecule has 0 unspecified atom stereocenters. The van der Waals surface area contributed by atoms with E-state index >= 15 is 0 Å². The first-order chi connectivity index (χ1) is 13.3. The molecule has 3 rings (SSSR count). The summed E-state index contributed by atoms with van der Waals surface area (Å²) in [7, 11) is -3.38. The largest absolute Gasteiger partial charge is 1.00 e. The van der Waals surface area contributed by atoms with Crippen molar-refractivity contribution in [3.8, 4) is 22.4 Å². The van der Waals surface area contributed by atoms with Crippen LogP contribution in [0, 0.1) is 6.92 Å². The molecule has 3 aromatic rings. The van der Waals surface area contributed by atoms with Crippen LogP contribution in [0.25, 0.3) is 27.1 Å². The molecule has 1 heterocycles. The Bertz CT molecular complexity index is 1130. The number of hydrogen-bond acceptors (Lipinski definition) is 7. The molecule has 1 amide bonds. The van der Waals surface area contributed by atoms with Crippen molar-refractivity contribution in [3.05, 3.63) is 65.1 Å². The van der Waals surface area contributed by atoms with E-state index in [4.69, 9.17) is 4.52 Å². The number of nitrogens with zero attached hydrogens (tertiary/aromatic N) is 2. The Hall–Kier alpha value is -2.46. The maximum absolute atomic E-state index is 12.2. The number of amides is 1. The average Bonchev–Trinajstić information content (AvgIpc) is 3.09. The maximum Gasteiger partial charge on any atom is 1.00 e. The summed E-state index contributed by atoms with van der Waals surface area (Å²) in [5.41, 5.74) is 2.87. The molecule has 0 N–H and O–H groups in total. The zero-order valence-electron chi connectivity index (χ0n) is 15.9. The van der Waals surface area contributed by atoms with E-state index in [2.05, 4.69) is 14.6 Å². The van der Waals surface area contributed by atoms with Gasteiger partial charge in [-0.2, -0.15) is 0 Å². The number of methoxy groups -OCH3 is 1. The standard InChI is InChI=1S/C19H16N2O6S.Na/c1-12-16(17(20-27-12)14-6-4-3-5-7-14)13-8-10-15(11-9-13)28(24,25)21-18(22)19(23)26-2;/h3-11H,1-2H3,(H,21,22);/q;+1/p-1. The second-order valence-corrected chi connectivity index (χ2v) is 7.32. The van der Waals surface area contributed by atoms with E-state index in [0.29, 0.717) is 17.0 Å². The van der Waals surface area contributed by atoms with Gasteiger partial charge in [-0.25, -0.2) is 13.2 Å². The van der Waals surface area contributed by atoms with E-state index in [9.17, 15) is 18.0 Å². The predicted octanol–water partition coefficient (Wildman–Crippen LogP) is 0.0830. The van der Waals surface area contributed by atoms with Crippen molar-refractivity contribution in [3.63, 3.8) is 0 Å². The van der Waals surface area contributed by atoms with Crippen LogP contribution in [-0.4, -0.2) is 32.6 Å². The summed E-state index contributed by atoms with van der Waals surface area (Å²) in [5, 5.41) is 4.09. The van der Waals surface area contributed by atoms with Crippen LogP contribution in [0.4, 0.5) is 0 Å². The number of esters is 1. The fourth-order valence-corrected chi connectivity index (χ4v) is 3.46. The van der Waals surface area contributed by atoms with E-state index in [0.717, 1.165) is 18.2 Å². The summed E-state index contributed by atoms with van der Waals surface area (Å²) >= 11 is 0. The molecule has 1 aromatic heterocycles. The van der Waals surface area contributed by atoms with Gasteiger partial charge >= 0.3 is 35.5 Å². The number of aromatic nitrogens is 1. The summed E-state index contributed by atoms with van der Waals surface area (Å²) in [6.45, 7) is 1.75. The molecule has 2 aromatic carbocycles. The fourth-order valence-electron chi connectivity index (χ4n) is 2.59. The van der Waals surface area contributed by atoms with Crippen LogP contribution in [0.1, 0.15) is 5.76 Å². The normalized spacial score (nSPS) is 10.7. The summed E-state index contributed by atoms with van der Waals surface area (Å²) < 4.78 is 36.8. The Morgan fingerprint density at radius 2 is 1.62 bits per heavy atom. The SMILES string of the molecule is COC(=O)C(=O)[N-]S(=O)(=O)c1ccc(-c2c(-c3ccccc3)noc2C)cc1.[Na+]. The Morgan fingerprint density at radius 3 is 2.21 bits per heavy atom. The Labute approximate surface area is 189 Å². The number of hydrogen-bond donors (Lipinski definition) is 0. The molecule has 29 heavy (non-hydrogen) atoms. The molecule has 0 bridgehead atoms. The molecule has 0 saturated heterocycles. The average molecular weight is 422 g/mol. The zero-order valence-corrected chi connectivity index (χ0v) is 18.8. The Kier molecular flexibility index (Phi) is 7.37. The molecule has 0 saturated carbocycles. The number of ether oxygens (including phenoxy) is 1. The molecule has 0 aliphatic carbocycles. The minimum Gasteiger partial charge on any atom is -0.532 e. The summed E-state index contributed by atoms with van der Waals surface area (Å²) in [6.07, 6.45) is 0. The van der Waals surface area contributed by atoms with E-state index in [1.807, 2.05) is 30.3 Å². The smallest absolute Gasteiger partial charge is 0.532 e. The van der Waals surface area contributed by atoms with Gasteiger partial charge in [0.05, 0.1) is 17.6 Å². The molecule has 0 aliphatic heterocycles. The van der Waals surface area contributed by atoms with Crippen molar-refractivity contribution >= 4 is 21.9 Å². The molecular weight excluding hydrogens is 407 g/mol. The van der Waals surface area contributed by atoms with Gasteiger partial charge in [0, 0.05) is 5.56 Å². The third-order valence-corrected chi connectivity index (χ3v) is 5.19. The van der Waals surface area contributed by atoms with Crippen LogP contribution in [0.5, 0.6) is 0 Å². The van der Waals surface area contributed by atoms with Crippen molar-refractivity contribution in [2.24, 2.45) is 0 Å². The number of sulfonamides is 1. The van der Waals surface area contributed by atoms with Gasteiger partial charge < -0.3 is 18.8 Å². The van der Waals surface area contributed by atoms with Gasteiger partial charge in [0.1, 0.15) is 21.5 Å². The van der Waals surface area contributed by atoms with Crippen LogP contribution >= 0.6 is 0 Å². The van der Waals surface area contributed by atoms with Gasteiger partial charge in [0.25, 0.3) is 0 Å². The minimum absolute atomic E-state index is 0. The number of benzene rings is 2. The van der Waals surface area contributed by atoms with Gasteiger partial charge in [-0.1, -0.05) is 47.6 Å². The van der Waals surface area contributed by atoms with Crippen LogP contribution in [0.15, 0.2) is 64.0 Å². The first-order valence-electron chi connectivity index (χ1n) is 8.06. The van der Waals surface area contributed by atoms with E-state index in [1.165, 1.54) is 12.1 Å². The van der Waals surface area contributed by atoms with Crippen LogP contribution in [-0.2, 0) is 24.3 Å². The minimum atomic E-state index is -4.34. The van der Waals surface area contributed by atoms with E-state index < -0.39 is 21.9 Å². The van der Waals surface area contributed by atoms with E-state index in [-0.39, 0.29) is 34.5 Å². The third-order valence-electron chi connectivity index (χ3n) is 3.91. The Morgan fingerprint density at radius 1 is 1.00 bits per heavy atom. The number of carbonyl (C=O) groups is 2. The molecule has 0 spiro atoms. The van der Waals surface area contributed by atoms with Crippen molar-refractivity contribution in [2.75, 3.05) is 7.11 Å². The zero-order chi connectivity index (χ0) is 20.3. The monoisotopic (exact) mass is 422 g/mol. The quantitative estimate of drug-likeness (QED) is 0.332. The van der Waals surface area contributed by atoms with Crippen molar-refractivity contribution in [1.82, 2.24) is 5.16 Å². The number of aryl methyl sites for hydroxylation is 1. The molecule has 10 heteroatoms. The summed E-state index contributed by atoms with van der Waals surface area (Å²) in [5.74, 6) is -2.28. The first-order valence-corrected chi connectivity index (χ1v) is 9.50. The molecule has 144 valence electrons. The van der Waals surface area contributed by atoms with Gasteiger partial charge in [-0.15, -0.1) is 0 Å². The molecule has 0 fully saturated rings. The maximum atomic E-state index is 12.2. The van der Waals surface area contributed by atoms with Crippen LogP contribution < -0.4 is 29.6 Å². The van der Waals surface area contributed by atoms with Crippen LogP contribution in [0.3, 0.4) is 0 Å². The van der Waals surface area contributed by atoms with Crippen molar-refractivity contribution in [1.29, 1.82) is 0 Å². The molecule has 0 radical (unpaired) electrons.